The minimum Gasteiger partial charge on any atom is -0.495 e. The molecule has 1 saturated heterocycles. The summed E-state index contributed by atoms with van der Waals surface area (Å²) in [4.78, 5) is 26.7. The van der Waals surface area contributed by atoms with Gasteiger partial charge in [-0.3, -0.25) is 9.59 Å². The lowest BCUT2D eigenvalue weighted by atomic mass is 10.0. The first-order chi connectivity index (χ1) is 12.0. The molecule has 0 N–H and O–H groups in total. The Morgan fingerprint density at radius 1 is 1.04 bits per heavy atom. The van der Waals surface area contributed by atoms with Gasteiger partial charge in [0.1, 0.15) is 5.75 Å². The molecule has 2 amide bonds. The standard InChI is InChI=1S/C20H19NO3S/c1-13(2)15-10-8-14(9-11-15)12-18-19(22)21(20(23)25-18)16-6-4-5-7-17(16)24-3/h4-13H,1-3H3/b18-12-. The second kappa shape index (κ2) is 7.15. The summed E-state index contributed by atoms with van der Waals surface area (Å²) in [6.07, 6.45) is 1.75. The topological polar surface area (TPSA) is 46.6 Å². The first kappa shape index (κ1) is 17.3. The lowest BCUT2D eigenvalue weighted by Crippen LogP contribution is -2.28. The van der Waals surface area contributed by atoms with Crippen molar-refractivity contribution in [2.45, 2.75) is 19.8 Å². The van der Waals surface area contributed by atoms with Gasteiger partial charge in [0.2, 0.25) is 0 Å². The normalized spacial score (nSPS) is 16.2. The first-order valence-electron chi connectivity index (χ1n) is 8.02. The van der Waals surface area contributed by atoms with E-state index in [1.165, 1.54) is 12.7 Å². The van der Waals surface area contributed by atoms with E-state index in [0.29, 0.717) is 22.3 Å². The van der Waals surface area contributed by atoms with E-state index < -0.39 is 0 Å². The zero-order valence-electron chi connectivity index (χ0n) is 14.4. The van der Waals surface area contributed by atoms with Crippen LogP contribution in [0.4, 0.5) is 10.5 Å². The van der Waals surface area contributed by atoms with Crippen LogP contribution in [0.1, 0.15) is 30.9 Å². The van der Waals surface area contributed by atoms with Crippen LogP contribution in [0.3, 0.4) is 0 Å². The molecule has 0 spiro atoms. The quantitative estimate of drug-likeness (QED) is 0.721. The molecule has 1 aliphatic rings. The molecule has 1 aliphatic heterocycles. The van der Waals surface area contributed by atoms with Gasteiger partial charge in [-0.05, 0) is 47.0 Å². The molecule has 0 bridgehead atoms. The summed E-state index contributed by atoms with van der Waals surface area (Å²) >= 11 is 0.944. The fourth-order valence-corrected chi connectivity index (χ4v) is 3.45. The fraction of sp³-hybridized carbons (Fsp3) is 0.200. The van der Waals surface area contributed by atoms with Gasteiger partial charge >= 0.3 is 0 Å². The van der Waals surface area contributed by atoms with Crippen LogP contribution in [0.15, 0.2) is 53.4 Å². The Morgan fingerprint density at radius 2 is 1.72 bits per heavy atom. The zero-order chi connectivity index (χ0) is 18.0. The van der Waals surface area contributed by atoms with Crippen molar-refractivity contribution in [1.29, 1.82) is 0 Å². The first-order valence-corrected chi connectivity index (χ1v) is 8.84. The van der Waals surface area contributed by atoms with Gasteiger partial charge in [0.25, 0.3) is 11.1 Å². The van der Waals surface area contributed by atoms with E-state index in [1.807, 2.05) is 24.3 Å². The van der Waals surface area contributed by atoms with E-state index in [0.717, 1.165) is 22.2 Å². The smallest absolute Gasteiger partial charge is 0.298 e. The van der Waals surface area contributed by atoms with Crippen LogP contribution < -0.4 is 9.64 Å². The van der Waals surface area contributed by atoms with Crippen molar-refractivity contribution in [3.63, 3.8) is 0 Å². The van der Waals surface area contributed by atoms with Crippen LogP contribution in [-0.2, 0) is 4.79 Å². The Hall–Kier alpha value is -2.53. The number of hydrogen-bond acceptors (Lipinski definition) is 4. The Morgan fingerprint density at radius 3 is 2.36 bits per heavy atom. The van der Waals surface area contributed by atoms with Crippen molar-refractivity contribution in [3.05, 3.63) is 64.6 Å². The minimum atomic E-state index is -0.326. The van der Waals surface area contributed by atoms with E-state index in [-0.39, 0.29) is 11.1 Å². The molecule has 0 radical (unpaired) electrons. The summed E-state index contributed by atoms with van der Waals surface area (Å²) in [6, 6.07) is 15.0. The van der Waals surface area contributed by atoms with Gasteiger partial charge in [0, 0.05) is 0 Å². The summed E-state index contributed by atoms with van der Waals surface area (Å²) < 4.78 is 5.27. The third kappa shape index (κ3) is 3.46. The second-order valence-corrected chi connectivity index (χ2v) is 7.00. The highest BCUT2D eigenvalue weighted by atomic mass is 32.2. The van der Waals surface area contributed by atoms with Gasteiger partial charge in [0.05, 0.1) is 17.7 Å². The van der Waals surface area contributed by atoms with E-state index in [4.69, 9.17) is 4.74 Å². The Bertz CT molecular complexity index is 840. The molecule has 128 valence electrons. The molecule has 4 nitrogen and oxygen atoms in total. The largest absolute Gasteiger partial charge is 0.495 e. The van der Waals surface area contributed by atoms with Gasteiger partial charge in [-0.15, -0.1) is 0 Å². The lowest BCUT2D eigenvalue weighted by Gasteiger charge is -2.15. The van der Waals surface area contributed by atoms with E-state index >= 15 is 0 Å². The highest BCUT2D eigenvalue weighted by molar-refractivity contribution is 8.19. The van der Waals surface area contributed by atoms with Crippen LogP contribution in [0.25, 0.3) is 6.08 Å². The van der Waals surface area contributed by atoms with Gasteiger partial charge in [-0.25, -0.2) is 4.90 Å². The molecular formula is C20H19NO3S. The predicted molar refractivity (Wildman–Crippen MR) is 102 cm³/mol. The third-order valence-corrected chi connectivity index (χ3v) is 4.89. The number of imide groups is 1. The molecule has 1 heterocycles. The number of carbonyl (C=O) groups excluding carboxylic acids is 2. The molecule has 2 aromatic rings. The number of ether oxygens (including phenoxy) is 1. The maximum atomic E-state index is 12.7. The fourth-order valence-electron chi connectivity index (χ4n) is 2.62. The molecule has 0 atom stereocenters. The average Bonchev–Trinajstić information content (AvgIpc) is 2.89. The van der Waals surface area contributed by atoms with Crippen LogP contribution in [-0.4, -0.2) is 18.3 Å². The summed E-state index contributed by atoms with van der Waals surface area (Å²) in [7, 11) is 1.52. The molecule has 0 aromatic heterocycles. The number of anilines is 1. The van der Waals surface area contributed by atoms with E-state index in [2.05, 4.69) is 13.8 Å². The third-order valence-electron chi connectivity index (χ3n) is 4.02. The van der Waals surface area contributed by atoms with Crippen LogP contribution >= 0.6 is 11.8 Å². The lowest BCUT2D eigenvalue weighted by molar-refractivity contribution is -0.113. The molecular weight excluding hydrogens is 334 g/mol. The molecule has 5 heteroatoms. The van der Waals surface area contributed by atoms with E-state index in [9.17, 15) is 9.59 Å². The number of benzene rings is 2. The van der Waals surface area contributed by atoms with Crippen molar-refractivity contribution < 1.29 is 14.3 Å². The monoisotopic (exact) mass is 353 g/mol. The maximum Gasteiger partial charge on any atom is 0.298 e. The zero-order valence-corrected chi connectivity index (χ0v) is 15.2. The molecule has 2 aromatic carbocycles. The van der Waals surface area contributed by atoms with Crippen molar-refractivity contribution in [2.75, 3.05) is 12.0 Å². The highest BCUT2D eigenvalue weighted by Crippen LogP contribution is 2.39. The summed E-state index contributed by atoms with van der Waals surface area (Å²) in [5, 5.41) is -0.320. The molecule has 0 unspecified atom stereocenters. The highest BCUT2D eigenvalue weighted by Gasteiger charge is 2.37. The van der Waals surface area contributed by atoms with Crippen molar-refractivity contribution in [3.8, 4) is 5.75 Å². The molecule has 1 fully saturated rings. The molecule has 0 saturated carbocycles. The van der Waals surface area contributed by atoms with Crippen molar-refractivity contribution in [1.82, 2.24) is 0 Å². The number of amides is 2. The van der Waals surface area contributed by atoms with Crippen LogP contribution in [0.2, 0.25) is 0 Å². The number of methoxy groups -OCH3 is 1. The molecule has 0 aliphatic carbocycles. The van der Waals surface area contributed by atoms with Crippen LogP contribution in [0.5, 0.6) is 5.75 Å². The van der Waals surface area contributed by atoms with Gasteiger partial charge < -0.3 is 4.74 Å². The average molecular weight is 353 g/mol. The number of rotatable bonds is 4. The minimum absolute atomic E-state index is 0.320. The number of thioether (sulfide) groups is 1. The SMILES string of the molecule is COc1ccccc1N1C(=O)S/C(=C\c2ccc(C(C)C)cc2)C1=O. The summed E-state index contributed by atoms with van der Waals surface area (Å²) in [5.41, 5.74) is 2.60. The summed E-state index contributed by atoms with van der Waals surface area (Å²) in [6.45, 7) is 4.27. The number of para-hydroxylation sites is 2. The van der Waals surface area contributed by atoms with Crippen molar-refractivity contribution >= 4 is 34.7 Å². The Balaban J connectivity index is 1.90. The van der Waals surface area contributed by atoms with Gasteiger partial charge in [-0.2, -0.15) is 0 Å². The number of hydrogen-bond donors (Lipinski definition) is 0. The molecule has 25 heavy (non-hydrogen) atoms. The second-order valence-electron chi connectivity index (χ2n) is 6.01. The Kier molecular flexibility index (Phi) is 4.95. The van der Waals surface area contributed by atoms with E-state index in [1.54, 1.807) is 30.3 Å². The predicted octanol–water partition coefficient (Wildman–Crippen LogP) is 5.06. The van der Waals surface area contributed by atoms with Crippen molar-refractivity contribution in [2.24, 2.45) is 0 Å². The van der Waals surface area contributed by atoms with Gasteiger partial charge in [0.15, 0.2) is 0 Å². The Labute approximate surface area is 151 Å². The van der Waals surface area contributed by atoms with Gasteiger partial charge in [-0.1, -0.05) is 50.2 Å². The van der Waals surface area contributed by atoms with Crippen LogP contribution in [0, 0.1) is 0 Å². The number of nitrogens with zero attached hydrogens (tertiary/aromatic N) is 1. The molecule has 3 rings (SSSR count). The maximum absolute atomic E-state index is 12.7. The number of carbonyl (C=O) groups is 2. The summed E-state index contributed by atoms with van der Waals surface area (Å²) in [5.74, 6) is 0.617.